The van der Waals surface area contributed by atoms with Gasteiger partial charge in [0.05, 0.1) is 6.04 Å². The molecule has 2 saturated heterocycles. The second-order valence-corrected chi connectivity index (χ2v) is 18.8. The molecular weight excluding hydrogens is 831 g/mol. The number of rotatable bonds is 14. The van der Waals surface area contributed by atoms with Gasteiger partial charge in [0, 0.05) is 88.9 Å². The predicted molar refractivity (Wildman–Crippen MR) is 258 cm³/mol. The summed E-state index contributed by atoms with van der Waals surface area (Å²) in [5, 5.41) is 7.99. The van der Waals surface area contributed by atoms with E-state index in [1.807, 2.05) is 112 Å². The van der Waals surface area contributed by atoms with Gasteiger partial charge in [-0.05, 0) is 93.7 Å². The number of carbonyl (C=O) groups is 4. The Morgan fingerprint density at radius 1 is 0.606 bits per heavy atom. The third-order valence-electron chi connectivity index (χ3n) is 12.9. The van der Waals surface area contributed by atoms with Crippen molar-refractivity contribution in [3.05, 3.63) is 109 Å². The van der Waals surface area contributed by atoms with Gasteiger partial charge in [0.25, 0.3) is 0 Å². The number of para-hydroxylation sites is 2. The highest BCUT2D eigenvalue weighted by molar-refractivity contribution is 5.92. The lowest BCUT2D eigenvalue weighted by molar-refractivity contribution is -0.139. The highest BCUT2D eigenvalue weighted by Gasteiger charge is 2.38. The Balaban J connectivity index is 0.000000196. The first-order valence-corrected chi connectivity index (χ1v) is 23.5. The maximum absolute atomic E-state index is 13.6. The van der Waals surface area contributed by atoms with Crippen LogP contribution in [0.3, 0.4) is 0 Å². The van der Waals surface area contributed by atoms with Crippen LogP contribution in [0.2, 0.25) is 0 Å². The molecule has 6 aromatic rings. The monoisotopic (exact) mass is 895 g/mol. The Morgan fingerprint density at radius 3 is 1.38 bits per heavy atom. The molecule has 13 nitrogen and oxygen atoms in total. The zero-order valence-electron chi connectivity index (χ0n) is 39.3. The number of likely N-dealkylation sites (tertiary alicyclic amines) is 2. The first-order valence-electron chi connectivity index (χ1n) is 23.5. The van der Waals surface area contributed by atoms with Crippen LogP contribution in [0.25, 0.3) is 44.6 Å². The number of nitrogens with two attached hydrogens (primary N) is 1. The van der Waals surface area contributed by atoms with E-state index < -0.39 is 18.1 Å². The van der Waals surface area contributed by atoms with E-state index in [1.54, 1.807) is 31.7 Å². The first-order chi connectivity index (χ1) is 31.7. The van der Waals surface area contributed by atoms with Gasteiger partial charge in [-0.2, -0.15) is 0 Å². The number of carbonyl (C=O) groups excluding carboxylic acids is 4. The zero-order valence-corrected chi connectivity index (χ0v) is 39.3. The van der Waals surface area contributed by atoms with E-state index >= 15 is 0 Å². The van der Waals surface area contributed by atoms with Crippen molar-refractivity contribution in [2.75, 3.05) is 13.1 Å². The number of amides is 4. The van der Waals surface area contributed by atoms with Crippen LogP contribution in [-0.2, 0) is 32.0 Å². The van der Waals surface area contributed by atoms with Gasteiger partial charge in [0.15, 0.2) is 0 Å². The molecule has 2 aromatic carbocycles. The second-order valence-electron chi connectivity index (χ2n) is 18.8. The quantitative estimate of drug-likeness (QED) is 0.0970. The lowest BCUT2D eigenvalue weighted by atomic mass is 9.97. The molecule has 0 saturated carbocycles. The topological polar surface area (TPSA) is 177 Å². The fraction of sp³-hybridized carbons (Fsp3) is 0.434. The standard InChI is InChI=1S/C27H33N3O3.C26H32N4O3/c1-17(2)24(29-26(31)18(3)4)27(32)30-15-7-8-20(30)16-22-21-9-5-6-10-23(21)33-25(22)19-11-13-28-14-12-19;1-16(2)23(29-25(31)17(3)27)26(32)30-14-6-7-19(30)15-21-20-8-4-5-9-22(20)33-24(21)18-10-12-28-13-11-18/h5-6,9-14,17-18,20,24H,7-8,15-16H2,1-4H3,(H,29,31);4-5,8-13,16-17,19,23H,6-7,14-15,27H2,1-3H3,(H,29,31)/t20-,24-;17-,19-,23-/m00/s1. The second kappa shape index (κ2) is 21.3. The molecule has 6 heterocycles. The van der Waals surface area contributed by atoms with Crippen LogP contribution in [-0.4, -0.2) is 86.7 Å². The molecule has 4 N–H and O–H groups in total. The predicted octanol–water partition coefficient (Wildman–Crippen LogP) is 8.34. The van der Waals surface area contributed by atoms with Crippen molar-refractivity contribution < 1.29 is 28.0 Å². The molecule has 4 amide bonds. The summed E-state index contributed by atoms with van der Waals surface area (Å²) in [5.41, 5.74) is 11.6. The molecule has 66 heavy (non-hydrogen) atoms. The van der Waals surface area contributed by atoms with E-state index in [0.717, 1.165) is 81.4 Å². The molecule has 5 atom stereocenters. The highest BCUT2D eigenvalue weighted by atomic mass is 16.3. The van der Waals surface area contributed by atoms with E-state index in [2.05, 4.69) is 32.7 Å². The van der Waals surface area contributed by atoms with Crippen LogP contribution in [0, 0.1) is 17.8 Å². The van der Waals surface area contributed by atoms with Crippen LogP contribution in [0.1, 0.15) is 85.3 Å². The Morgan fingerprint density at radius 2 is 1.00 bits per heavy atom. The van der Waals surface area contributed by atoms with Gasteiger partial charge in [-0.15, -0.1) is 0 Å². The van der Waals surface area contributed by atoms with Crippen LogP contribution in [0.5, 0.6) is 0 Å². The lowest BCUT2D eigenvalue weighted by Gasteiger charge is -2.31. The Kier molecular flexibility index (Phi) is 15.4. The summed E-state index contributed by atoms with van der Waals surface area (Å²) in [6, 6.07) is 22.2. The maximum atomic E-state index is 13.6. The maximum Gasteiger partial charge on any atom is 0.245 e. The molecule has 348 valence electrons. The van der Waals surface area contributed by atoms with Crippen molar-refractivity contribution in [2.45, 2.75) is 117 Å². The molecule has 0 aliphatic carbocycles. The summed E-state index contributed by atoms with van der Waals surface area (Å²) in [6.45, 7) is 14.6. The van der Waals surface area contributed by atoms with Gasteiger partial charge >= 0.3 is 0 Å². The smallest absolute Gasteiger partial charge is 0.245 e. The summed E-state index contributed by atoms with van der Waals surface area (Å²) in [6.07, 6.45) is 12.2. The normalized spacial score (nSPS) is 17.6. The molecule has 2 aliphatic heterocycles. The zero-order chi connectivity index (χ0) is 47.1. The van der Waals surface area contributed by atoms with Crippen LogP contribution < -0.4 is 16.4 Å². The van der Waals surface area contributed by atoms with Gasteiger partial charge in [0.1, 0.15) is 34.8 Å². The number of nitrogens with one attached hydrogen (secondary N) is 2. The molecular formula is C53H65N7O6. The SMILES string of the molecule is CC(C)C(=O)N[C@H](C(=O)N1CCC[C@H]1Cc1c(-c2ccncc2)oc2ccccc12)C(C)C.CC(C)[C@H](NC(=O)[C@H](C)N)C(=O)N1CCC[C@H]1Cc1c(-c2ccncc2)oc2ccccc12. The molecule has 8 rings (SSSR count). The summed E-state index contributed by atoms with van der Waals surface area (Å²) in [7, 11) is 0. The number of fused-ring (bicyclic) bond motifs is 2. The molecule has 0 spiro atoms. The molecule has 0 radical (unpaired) electrons. The van der Waals surface area contributed by atoms with Crippen LogP contribution >= 0.6 is 0 Å². The average Bonchev–Trinajstić information content (AvgIpc) is 4.14. The number of hydrogen-bond donors (Lipinski definition) is 3. The number of benzene rings is 2. The van der Waals surface area contributed by atoms with Gasteiger partial charge in [-0.1, -0.05) is 77.9 Å². The Bertz CT molecular complexity index is 2420. The van der Waals surface area contributed by atoms with Crippen LogP contribution in [0.4, 0.5) is 0 Å². The fourth-order valence-corrected chi connectivity index (χ4v) is 9.21. The number of hydrogen-bond acceptors (Lipinski definition) is 9. The van der Waals surface area contributed by atoms with Gasteiger partial charge < -0.3 is 35.0 Å². The van der Waals surface area contributed by atoms with Crippen molar-refractivity contribution in [1.82, 2.24) is 30.4 Å². The fourth-order valence-electron chi connectivity index (χ4n) is 9.21. The molecule has 13 heteroatoms. The van der Waals surface area contributed by atoms with Crippen LogP contribution in [0.15, 0.2) is 106 Å². The van der Waals surface area contributed by atoms with E-state index in [0.29, 0.717) is 25.9 Å². The molecule has 2 aliphatic rings. The number of nitrogens with zero attached hydrogens (tertiary/aromatic N) is 4. The van der Waals surface area contributed by atoms with Gasteiger partial charge in [-0.25, -0.2) is 0 Å². The minimum absolute atomic E-state index is 0.0137. The van der Waals surface area contributed by atoms with Gasteiger partial charge in [0.2, 0.25) is 23.6 Å². The third kappa shape index (κ3) is 10.7. The number of aromatic nitrogens is 2. The van der Waals surface area contributed by atoms with E-state index in [-0.39, 0.29) is 53.5 Å². The summed E-state index contributed by atoms with van der Waals surface area (Å²) in [5.74, 6) is 1.06. The minimum Gasteiger partial charge on any atom is -0.456 e. The third-order valence-corrected chi connectivity index (χ3v) is 12.9. The molecule has 0 bridgehead atoms. The molecule has 0 unspecified atom stereocenters. The lowest BCUT2D eigenvalue weighted by Crippen LogP contribution is -2.55. The summed E-state index contributed by atoms with van der Waals surface area (Å²) in [4.78, 5) is 63.9. The Labute approximate surface area is 387 Å². The van der Waals surface area contributed by atoms with Crippen molar-refractivity contribution in [1.29, 1.82) is 0 Å². The van der Waals surface area contributed by atoms with Crippen molar-refractivity contribution >= 4 is 45.6 Å². The van der Waals surface area contributed by atoms with Crippen molar-refractivity contribution in [3.8, 4) is 22.6 Å². The number of furan rings is 2. The van der Waals surface area contributed by atoms with Gasteiger partial charge in [-0.3, -0.25) is 29.1 Å². The largest absolute Gasteiger partial charge is 0.456 e. The number of pyridine rings is 2. The minimum atomic E-state index is -0.659. The average molecular weight is 896 g/mol. The first kappa shape index (κ1) is 47.6. The van der Waals surface area contributed by atoms with E-state index in [9.17, 15) is 19.2 Å². The highest BCUT2D eigenvalue weighted by Crippen LogP contribution is 2.38. The van der Waals surface area contributed by atoms with E-state index in [4.69, 9.17) is 14.6 Å². The Hall–Kier alpha value is -6.34. The van der Waals surface area contributed by atoms with Crippen molar-refractivity contribution in [3.63, 3.8) is 0 Å². The summed E-state index contributed by atoms with van der Waals surface area (Å²) < 4.78 is 12.5. The molecule has 2 fully saturated rings. The summed E-state index contributed by atoms with van der Waals surface area (Å²) >= 11 is 0. The van der Waals surface area contributed by atoms with Crippen molar-refractivity contribution in [2.24, 2.45) is 23.5 Å². The van der Waals surface area contributed by atoms with E-state index in [1.165, 1.54) is 0 Å². The molecule has 4 aromatic heterocycles.